The number of aromatic amines is 1. The SMILES string of the molecule is CC(C)c1cc(C2CCCN2C(=O)c2cn[nH]c2C2CCCCC2)no1. The van der Waals surface area contributed by atoms with Crippen molar-refractivity contribution in [2.45, 2.75) is 76.7 Å². The molecule has 1 saturated heterocycles. The molecule has 2 aromatic heterocycles. The number of nitrogens with one attached hydrogen (secondary N) is 1. The fourth-order valence-electron chi connectivity index (χ4n) is 4.37. The second-order valence-corrected chi connectivity index (χ2v) is 8.00. The average Bonchev–Trinajstić information content (AvgIpc) is 3.41. The molecule has 0 bridgehead atoms. The minimum absolute atomic E-state index is 0.00727. The number of rotatable bonds is 4. The van der Waals surface area contributed by atoms with Gasteiger partial charge in [0.1, 0.15) is 11.5 Å². The smallest absolute Gasteiger partial charge is 0.257 e. The van der Waals surface area contributed by atoms with Crippen LogP contribution in [0, 0.1) is 0 Å². The van der Waals surface area contributed by atoms with Crippen molar-refractivity contribution in [1.29, 1.82) is 0 Å². The Morgan fingerprint density at radius 2 is 2.04 bits per heavy atom. The van der Waals surface area contributed by atoms with Crippen LogP contribution in [0.25, 0.3) is 0 Å². The molecule has 1 aliphatic carbocycles. The van der Waals surface area contributed by atoms with Gasteiger partial charge >= 0.3 is 0 Å². The number of carbonyl (C=O) groups excluding carboxylic acids is 1. The van der Waals surface area contributed by atoms with E-state index in [1.807, 2.05) is 11.0 Å². The number of aromatic nitrogens is 3. The van der Waals surface area contributed by atoms with E-state index in [2.05, 4.69) is 29.2 Å². The molecule has 0 spiro atoms. The number of amides is 1. The molecule has 0 aromatic carbocycles. The number of nitrogens with zero attached hydrogens (tertiary/aromatic N) is 3. The molecule has 1 unspecified atom stereocenters. The zero-order valence-electron chi connectivity index (χ0n) is 15.7. The van der Waals surface area contributed by atoms with Crippen molar-refractivity contribution in [1.82, 2.24) is 20.3 Å². The molecule has 1 atom stereocenters. The van der Waals surface area contributed by atoms with Crippen molar-refractivity contribution < 1.29 is 9.32 Å². The third-order valence-corrected chi connectivity index (χ3v) is 5.88. The molecule has 6 heteroatoms. The predicted molar refractivity (Wildman–Crippen MR) is 98.0 cm³/mol. The molecule has 0 radical (unpaired) electrons. The standard InChI is InChI=1S/C20H28N4O2/c1-13(2)18-11-16(23-26-18)17-9-6-10-24(17)20(25)15-12-21-22-19(15)14-7-4-3-5-8-14/h11-14,17H,3-10H2,1-2H3,(H,21,22). The van der Waals surface area contributed by atoms with Crippen LogP contribution in [0.2, 0.25) is 0 Å². The summed E-state index contributed by atoms with van der Waals surface area (Å²) < 4.78 is 5.47. The predicted octanol–water partition coefficient (Wildman–Crippen LogP) is 4.55. The van der Waals surface area contributed by atoms with Gasteiger partial charge in [0.2, 0.25) is 0 Å². The zero-order valence-corrected chi connectivity index (χ0v) is 15.7. The van der Waals surface area contributed by atoms with E-state index in [9.17, 15) is 4.79 Å². The molecule has 4 rings (SSSR count). The van der Waals surface area contributed by atoms with E-state index in [0.717, 1.165) is 54.9 Å². The molecule has 1 aliphatic heterocycles. The fourth-order valence-corrected chi connectivity index (χ4v) is 4.37. The second-order valence-electron chi connectivity index (χ2n) is 8.00. The first-order valence-electron chi connectivity index (χ1n) is 9.96. The maximum absolute atomic E-state index is 13.3. The summed E-state index contributed by atoms with van der Waals surface area (Å²) in [4.78, 5) is 15.3. The Morgan fingerprint density at radius 1 is 1.23 bits per heavy atom. The van der Waals surface area contributed by atoms with Gasteiger partial charge in [-0.25, -0.2) is 0 Å². The van der Waals surface area contributed by atoms with Crippen LogP contribution >= 0.6 is 0 Å². The lowest BCUT2D eigenvalue weighted by Crippen LogP contribution is -2.31. The van der Waals surface area contributed by atoms with Gasteiger partial charge in [-0.3, -0.25) is 9.89 Å². The van der Waals surface area contributed by atoms with Gasteiger partial charge < -0.3 is 9.42 Å². The van der Waals surface area contributed by atoms with Crippen molar-refractivity contribution in [3.63, 3.8) is 0 Å². The monoisotopic (exact) mass is 356 g/mol. The van der Waals surface area contributed by atoms with Gasteiger partial charge in [0.15, 0.2) is 0 Å². The third kappa shape index (κ3) is 3.17. The molecule has 1 amide bonds. The normalized spacial score (nSPS) is 21.7. The highest BCUT2D eigenvalue weighted by Crippen LogP contribution is 2.37. The van der Waals surface area contributed by atoms with E-state index in [0.29, 0.717) is 11.8 Å². The Morgan fingerprint density at radius 3 is 2.77 bits per heavy atom. The van der Waals surface area contributed by atoms with Crippen molar-refractivity contribution in [3.05, 3.63) is 35.0 Å². The van der Waals surface area contributed by atoms with Crippen LogP contribution in [-0.2, 0) is 0 Å². The summed E-state index contributed by atoms with van der Waals surface area (Å²) >= 11 is 0. The van der Waals surface area contributed by atoms with E-state index in [1.165, 1.54) is 19.3 Å². The molecular formula is C20H28N4O2. The summed E-state index contributed by atoms with van der Waals surface area (Å²) in [5, 5.41) is 11.6. The Labute approximate surface area is 154 Å². The third-order valence-electron chi connectivity index (χ3n) is 5.88. The van der Waals surface area contributed by atoms with Crippen LogP contribution in [0.4, 0.5) is 0 Å². The maximum atomic E-state index is 13.3. The molecule has 140 valence electrons. The minimum atomic E-state index is 0.00727. The first kappa shape index (κ1) is 17.3. The van der Waals surface area contributed by atoms with Gasteiger partial charge in [-0.1, -0.05) is 38.3 Å². The Hall–Kier alpha value is -2.11. The van der Waals surface area contributed by atoms with Crippen LogP contribution in [0.1, 0.15) is 104 Å². The van der Waals surface area contributed by atoms with Gasteiger partial charge in [0, 0.05) is 24.4 Å². The summed E-state index contributed by atoms with van der Waals surface area (Å²) in [6, 6.07) is 2.02. The fraction of sp³-hybridized carbons (Fsp3) is 0.650. The molecule has 3 heterocycles. The number of carbonyl (C=O) groups is 1. The van der Waals surface area contributed by atoms with E-state index >= 15 is 0 Å². The number of likely N-dealkylation sites (tertiary alicyclic amines) is 1. The molecule has 1 N–H and O–H groups in total. The molecule has 1 saturated carbocycles. The number of hydrogen-bond donors (Lipinski definition) is 1. The summed E-state index contributed by atoms with van der Waals surface area (Å²) in [5.41, 5.74) is 2.65. The lowest BCUT2D eigenvalue weighted by Gasteiger charge is -2.25. The van der Waals surface area contributed by atoms with Crippen molar-refractivity contribution in [3.8, 4) is 0 Å². The first-order valence-corrected chi connectivity index (χ1v) is 9.96. The van der Waals surface area contributed by atoms with E-state index < -0.39 is 0 Å². The molecular weight excluding hydrogens is 328 g/mol. The maximum Gasteiger partial charge on any atom is 0.257 e. The summed E-state index contributed by atoms with van der Waals surface area (Å²) in [7, 11) is 0. The average molecular weight is 356 g/mol. The molecule has 2 fully saturated rings. The molecule has 6 nitrogen and oxygen atoms in total. The quantitative estimate of drug-likeness (QED) is 0.872. The summed E-state index contributed by atoms with van der Waals surface area (Å²) in [6.07, 6.45) is 9.71. The van der Waals surface area contributed by atoms with Crippen molar-refractivity contribution >= 4 is 5.91 Å². The number of hydrogen-bond acceptors (Lipinski definition) is 4. The Bertz CT molecular complexity index is 757. The molecule has 26 heavy (non-hydrogen) atoms. The van der Waals surface area contributed by atoms with Gasteiger partial charge in [-0.15, -0.1) is 0 Å². The van der Waals surface area contributed by atoms with Crippen LogP contribution in [0.15, 0.2) is 16.8 Å². The Kier molecular flexibility index (Phi) is 4.83. The van der Waals surface area contributed by atoms with E-state index in [-0.39, 0.29) is 11.9 Å². The van der Waals surface area contributed by atoms with Crippen molar-refractivity contribution in [2.24, 2.45) is 0 Å². The minimum Gasteiger partial charge on any atom is -0.361 e. The van der Waals surface area contributed by atoms with Gasteiger partial charge in [-0.2, -0.15) is 5.10 Å². The van der Waals surface area contributed by atoms with Crippen LogP contribution in [0.5, 0.6) is 0 Å². The molecule has 2 aliphatic rings. The van der Waals surface area contributed by atoms with Crippen LogP contribution in [-0.4, -0.2) is 32.7 Å². The van der Waals surface area contributed by atoms with Gasteiger partial charge in [-0.05, 0) is 25.7 Å². The van der Waals surface area contributed by atoms with Crippen LogP contribution in [0.3, 0.4) is 0 Å². The number of H-pyrrole nitrogens is 1. The van der Waals surface area contributed by atoms with E-state index in [1.54, 1.807) is 6.20 Å². The van der Waals surface area contributed by atoms with Gasteiger partial charge in [0.25, 0.3) is 5.91 Å². The van der Waals surface area contributed by atoms with Gasteiger partial charge in [0.05, 0.1) is 23.5 Å². The topological polar surface area (TPSA) is 75.0 Å². The van der Waals surface area contributed by atoms with Crippen molar-refractivity contribution in [2.75, 3.05) is 6.54 Å². The summed E-state index contributed by atoms with van der Waals surface area (Å²) in [5.74, 6) is 1.70. The largest absolute Gasteiger partial charge is 0.361 e. The lowest BCUT2D eigenvalue weighted by atomic mass is 9.85. The second kappa shape index (κ2) is 7.25. The zero-order chi connectivity index (χ0) is 18.1. The highest BCUT2D eigenvalue weighted by atomic mass is 16.5. The lowest BCUT2D eigenvalue weighted by molar-refractivity contribution is 0.0729. The van der Waals surface area contributed by atoms with Crippen LogP contribution < -0.4 is 0 Å². The highest BCUT2D eigenvalue weighted by Gasteiger charge is 2.35. The molecule has 2 aromatic rings. The first-order chi connectivity index (χ1) is 12.6. The Balaban J connectivity index is 1.56. The highest BCUT2D eigenvalue weighted by molar-refractivity contribution is 5.95. The van der Waals surface area contributed by atoms with E-state index in [4.69, 9.17) is 4.52 Å². The summed E-state index contributed by atoms with van der Waals surface area (Å²) in [6.45, 7) is 4.94.